The van der Waals surface area contributed by atoms with E-state index >= 15 is 0 Å². The van der Waals surface area contributed by atoms with E-state index in [1.165, 1.54) is 0 Å². The van der Waals surface area contributed by atoms with Crippen molar-refractivity contribution in [3.63, 3.8) is 0 Å². The van der Waals surface area contributed by atoms with Crippen LogP contribution in [0.15, 0.2) is 9.98 Å². The van der Waals surface area contributed by atoms with Crippen LogP contribution in [0.2, 0.25) is 0 Å². The summed E-state index contributed by atoms with van der Waals surface area (Å²) in [5.41, 5.74) is 20.4. The Balaban J connectivity index is 1.94. The highest BCUT2D eigenvalue weighted by Gasteiger charge is 2.52. The summed E-state index contributed by atoms with van der Waals surface area (Å²) >= 11 is 0. The second-order valence-electron chi connectivity index (χ2n) is 18.4. The largest absolute Gasteiger partial charge is 0.385 e. The molecule has 1 aliphatic heterocycles. The van der Waals surface area contributed by atoms with E-state index < -0.39 is 22.9 Å². The van der Waals surface area contributed by atoms with Crippen LogP contribution in [-0.2, 0) is 123 Å². The fourth-order valence-electron chi connectivity index (χ4n) is 7.01. The molecule has 2 atom stereocenters. The van der Waals surface area contributed by atoms with Gasteiger partial charge in [0.05, 0.1) is 291 Å². The number of hydrogen-bond acceptors (Lipinski definition) is 30. The number of rotatable bonds is 74. The van der Waals surface area contributed by atoms with Crippen molar-refractivity contribution in [3.8, 4) is 0 Å². The maximum absolute atomic E-state index is 12.7. The molecule has 0 saturated carbocycles. The molecule has 0 aromatic rings. The molecule has 8 N–H and O–H groups in total. The normalized spacial score (nSPS) is 16.0. The van der Waals surface area contributed by atoms with Crippen molar-refractivity contribution in [2.24, 2.45) is 32.9 Å². The number of nitrogens with two attached hydrogens (primary N) is 4. The van der Waals surface area contributed by atoms with Gasteiger partial charge in [0.2, 0.25) is 0 Å². The van der Waals surface area contributed by atoms with Crippen LogP contribution in [0, 0.1) is 0 Å². The number of carbonyl (C=O) groups is 2. The number of ether oxygens (including phenoxy) is 24. The lowest BCUT2D eigenvalue weighted by atomic mass is 9.86. The third-order valence-electron chi connectivity index (χ3n) is 11.8. The quantitative estimate of drug-likeness (QED) is 0.0461. The Bertz CT molecular complexity index is 1500. The van der Waals surface area contributed by atoms with Crippen LogP contribution in [0.1, 0.15) is 12.8 Å². The van der Waals surface area contributed by atoms with Gasteiger partial charge < -0.3 is 137 Å². The number of amidine groups is 2. The lowest BCUT2D eigenvalue weighted by molar-refractivity contribution is -0.123. The second kappa shape index (κ2) is 64.0. The zero-order chi connectivity index (χ0) is 63.6. The first kappa shape index (κ1) is 82.9. The number of methoxy groups -OCH3 is 2. The van der Waals surface area contributed by atoms with Gasteiger partial charge in [-0.25, -0.2) is 9.98 Å². The van der Waals surface area contributed by atoms with E-state index in [0.717, 1.165) is 0 Å². The molecule has 0 aliphatic carbocycles. The van der Waals surface area contributed by atoms with Gasteiger partial charge in [-0.15, -0.1) is 0 Å². The Labute approximate surface area is 520 Å². The summed E-state index contributed by atoms with van der Waals surface area (Å²) in [4.78, 5) is 34.1. The minimum atomic E-state index is -1.84. The minimum absolute atomic E-state index is 0.0000799. The number of carbonyl (C=O) groups excluding carboxylic acids is 2. The van der Waals surface area contributed by atoms with Crippen molar-refractivity contribution in [1.29, 1.82) is 0 Å². The molecular formula is C56H110N6O26. The molecule has 88 heavy (non-hydrogen) atoms. The maximum atomic E-state index is 12.7. The first-order chi connectivity index (χ1) is 43.3. The monoisotopic (exact) mass is 1280 g/mol. The van der Waals surface area contributed by atoms with Gasteiger partial charge >= 0.3 is 0 Å². The number of primary amides is 2. The second-order valence-corrected chi connectivity index (χ2v) is 18.4. The van der Waals surface area contributed by atoms with Gasteiger partial charge in [-0.2, -0.15) is 0 Å². The molecule has 0 saturated heterocycles. The third-order valence-corrected chi connectivity index (χ3v) is 11.8. The molecule has 520 valence electrons. The number of hydrogen-bond donors (Lipinski definition) is 4. The van der Waals surface area contributed by atoms with E-state index in [1.54, 1.807) is 14.2 Å². The maximum Gasteiger partial charge on any atom is 0.253 e. The van der Waals surface area contributed by atoms with E-state index in [9.17, 15) is 9.59 Å². The number of nitrogens with zero attached hydrogens (tertiary/aromatic N) is 2. The average Bonchev–Trinajstić information content (AvgIpc) is 1.10. The summed E-state index contributed by atoms with van der Waals surface area (Å²) in [6.07, 6.45) is -0.186. The van der Waals surface area contributed by atoms with Crippen LogP contribution in [0.3, 0.4) is 0 Å². The highest BCUT2D eigenvalue weighted by atomic mass is 16.6. The Morgan fingerprint density at radius 1 is 0.239 bits per heavy atom. The van der Waals surface area contributed by atoms with Crippen molar-refractivity contribution in [1.82, 2.24) is 0 Å². The zero-order valence-electron chi connectivity index (χ0n) is 52.8. The molecule has 2 unspecified atom stereocenters. The van der Waals surface area contributed by atoms with Crippen LogP contribution < -0.4 is 22.9 Å². The van der Waals surface area contributed by atoms with Crippen molar-refractivity contribution in [3.05, 3.63) is 0 Å². The molecule has 32 nitrogen and oxygen atoms in total. The van der Waals surface area contributed by atoms with Gasteiger partial charge in [-0.3, -0.25) is 9.59 Å². The summed E-state index contributed by atoms with van der Waals surface area (Å²) in [7, 11) is 3.27. The van der Waals surface area contributed by atoms with Gasteiger partial charge in [0.15, 0.2) is 11.1 Å². The summed E-state index contributed by atoms with van der Waals surface area (Å²) in [5.74, 6) is -2.46. The van der Waals surface area contributed by atoms with E-state index in [2.05, 4.69) is 9.98 Å². The van der Waals surface area contributed by atoms with Gasteiger partial charge in [0.25, 0.3) is 11.8 Å². The zero-order valence-corrected chi connectivity index (χ0v) is 52.8. The Hall–Kier alpha value is -3.08. The summed E-state index contributed by atoms with van der Waals surface area (Å²) < 4.78 is 131. The molecule has 32 heteroatoms. The van der Waals surface area contributed by atoms with Crippen LogP contribution in [0.5, 0.6) is 0 Å². The van der Waals surface area contributed by atoms with Crippen LogP contribution >= 0.6 is 0 Å². The smallest absolute Gasteiger partial charge is 0.253 e. The summed E-state index contributed by atoms with van der Waals surface area (Å²) in [6.45, 7) is 19.4. The minimum Gasteiger partial charge on any atom is -0.385 e. The first-order valence-electron chi connectivity index (χ1n) is 30.3. The van der Waals surface area contributed by atoms with Crippen molar-refractivity contribution < 1.29 is 123 Å². The Kier molecular flexibility index (Phi) is 60.4. The lowest BCUT2D eigenvalue weighted by Gasteiger charge is -2.37. The summed E-state index contributed by atoms with van der Waals surface area (Å²) in [6, 6.07) is 0. The topological polar surface area (TPSA) is 384 Å². The molecule has 1 heterocycles. The third kappa shape index (κ3) is 48.7. The molecule has 0 bridgehead atoms. The number of aliphatic imine (C=N–C) groups is 2. The Morgan fingerprint density at radius 2 is 0.352 bits per heavy atom. The lowest BCUT2D eigenvalue weighted by Crippen LogP contribution is -2.64. The van der Waals surface area contributed by atoms with Crippen molar-refractivity contribution in [2.75, 3.05) is 318 Å². The molecule has 0 aromatic heterocycles. The molecule has 0 fully saturated rings. The Morgan fingerprint density at radius 3 is 0.466 bits per heavy atom. The van der Waals surface area contributed by atoms with Gasteiger partial charge in [-0.1, -0.05) is 0 Å². The van der Waals surface area contributed by atoms with Gasteiger partial charge in [0, 0.05) is 40.3 Å². The highest BCUT2D eigenvalue weighted by molar-refractivity contribution is 6.21. The van der Waals surface area contributed by atoms with Crippen LogP contribution in [0.25, 0.3) is 0 Å². The predicted molar refractivity (Wildman–Crippen MR) is 318 cm³/mol. The van der Waals surface area contributed by atoms with Gasteiger partial charge in [-0.05, 0) is 0 Å². The molecule has 1 aliphatic rings. The molecule has 0 radical (unpaired) electrons. The first-order valence-corrected chi connectivity index (χ1v) is 30.3. The van der Waals surface area contributed by atoms with E-state index in [0.29, 0.717) is 264 Å². The standard InChI is InChI=1S/C56H110N6O26/c1-65-7-9-69-15-17-73-23-25-77-31-33-81-39-41-85-47-49-87-45-43-83-37-35-79-29-27-75-21-19-71-13-11-67-5-3-55(53(59)63)51(57)62-56(54(60)64,52(58)61-55)4-6-68-12-14-72-20-22-76-28-30-80-36-38-84-44-46-88-50-48-86-42-40-82-34-32-78-26-24-74-18-16-70-10-8-66-2/h3-50H2,1-2H3,(H2,58,61)(H2,57,62)(H2,59,63)(H2,60,64). The predicted octanol–water partition coefficient (Wildman–Crippen LogP) is -2.40. The average molecular weight is 1280 g/mol. The van der Waals surface area contributed by atoms with Crippen molar-refractivity contribution >= 4 is 23.5 Å². The van der Waals surface area contributed by atoms with Crippen LogP contribution in [0.4, 0.5) is 0 Å². The molecule has 1 rings (SSSR count). The van der Waals surface area contributed by atoms with E-state index in [1.807, 2.05) is 0 Å². The van der Waals surface area contributed by atoms with E-state index in [4.69, 9.17) is 137 Å². The molecule has 0 spiro atoms. The fourth-order valence-corrected chi connectivity index (χ4v) is 7.01. The molecular weight excluding hydrogens is 1170 g/mol. The molecule has 0 aromatic carbocycles. The summed E-state index contributed by atoms with van der Waals surface area (Å²) in [5, 5.41) is 0. The van der Waals surface area contributed by atoms with Crippen molar-refractivity contribution in [2.45, 2.75) is 23.9 Å². The number of amides is 2. The van der Waals surface area contributed by atoms with Gasteiger partial charge in [0.1, 0.15) is 11.7 Å². The highest BCUT2D eigenvalue weighted by Crippen LogP contribution is 2.29. The van der Waals surface area contributed by atoms with Crippen LogP contribution in [-0.4, -0.2) is 353 Å². The SMILES string of the molecule is COCCOCCOCCOCCOCCOCCOCCOCCOCCOCCOCCOCCC1(C(N)=O)N=C(N)C(CCOCCOCCOCCOCCOCCOCCOCCOCCOCCOCCOCCOC)(C(N)=O)N=C1N. The fraction of sp³-hybridized carbons (Fsp3) is 0.929. The van der Waals surface area contributed by atoms with E-state index in [-0.39, 0.29) is 64.2 Å². The molecule has 2 amide bonds.